The van der Waals surface area contributed by atoms with E-state index in [9.17, 15) is 13.2 Å². The molecule has 0 bridgehead atoms. The molecule has 0 radical (unpaired) electrons. The number of halogens is 3. The summed E-state index contributed by atoms with van der Waals surface area (Å²) in [4.78, 5) is 2.19. The van der Waals surface area contributed by atoms with Gasteiger partial charge in [0.05, 0.1) is 6.61 Å². The monoisotopic (exact) mass is 302 g/mol. The quantitative estimate of drug-likeness (QED) is 0.848. The van der Waals surface area contributed by atoms with Gasteiger partial charge in [0.2, 0.25) is 0 Å². The highest BCUT2D eigenvalue weighted by molar-refractivity contribution is 5.51. The van der Waals surface area contributed by atoms with Crippen molar-refractivity contribution in [1.82, 2.24) is 0 Å². The van der Waals surface area contributed by atoms with E-state index in [0.717, 1.165) is 31.6 Å². The van der Waals surface area contributed by atoms with Gasteiger partial charge in [0.15, 0.2) is 0 Å². The average Bonchev–Trinajstić information content (AvgIpc) is 2.43. The third-order valence-corrected chi connectivity index (χ3v) is 3.51. The number of nitrogens with two attached hydrogens (primary N) is 1. The van der Waals surface area contributed by atoms with Gasteiger partial charge in [-0.25, -0.2) is 0 Å². The number of ether oxygens (including phenoxy) is 1. The van der Waals surface area contributed by atoms with Crippen LogP contribution in [-0.2, 0) is 0 Å². The maximum Gasteiger partial charge on any atom is 0.389 e. The molecule has 0 saturated carbocycles. The van der Waals surface area contributed by atoms with Gasteiger partial charge in [0.25, 0.3) is 0 Å². The molecule has 1 aliphatic rings. The van der Waals surface area contributed by atoms with Crippen LogP contribution in [0.4, 0.5) is 18.9 Å². The molecule has 0 spiro atoms. The number of rotatable bonds is 5. The van der Waals surface area contributed by atoms with Crippen LogP contribution in [0.2, 0.25) is 0 Å². The van der Waals surface area contributed by atoms with E-state index in [-0.39, 0.29) is 19.1 Å². The van der Waals surface area contributed by atoms with Crippen molar-refractivity contribution in [2.75, 3.05) is 24.6 Å². The number of alkyl halides is 3. The zero-order valence-corrected chi connectivity index (χ0v) is 11.9. The maximum absolute atomic E-state index is 12.1. The molecular formula is C15H21F3N2O. The van der Waals surface area contributed by atoms with Crippen molar-refractivity contribution in [2.45, 2.75) is 37.9 Å². The minimum absolute atomic E-state index is 0.0255. The van der Waals surface area contributed by atoms with Crippen LogP contribution in [-0.4, -0.2) is 31.9 Å². The SMILES string of the molecule is NC1CCCN(c2cccc(OCCCC(F)(F)F)c2)C1. The molecule has 6 heteroatoms. The van der Waals surface area contributed by atoms with E-state index in [1.165, 1.54) is 0 Å². The highest BCUT2D eigenvalue weighted by Crippen LogP contribution is 2.25. The Morgan fingerprint density at radius 1 is 1.33 bits per heavy atom. The van der Waals surface area contributed by atoms with Gasteiger partial charge in [-0.1, -0.05) is 6.07 Å². The normalized spacial score (nSPS) is 19.6. The van der Waals surface area contributed by atoms with Crippen molar-refractivity contribution in [2.24, 2.45) is 5.73 Å². The first-order valence-corrected chi connectivity index (χ1v) is 7.24. The number of nitrogens with zero attached hydrogens (tertiary/aromatic N) is 1. The highest BCUT2D eigenvalue weighted by atomic mass is 19.4. The van der Waals surface area contributed by atoms with Gasteiger partial charge in [0.1, 0.15) is 5.75 Å². The fraction of sp³-hybridized carbons (Fsp3) is 0.600. The van der Waals surface area contributed by atoms with Gasteiger partial charge in [0, 0.05) is 37.3 Å². The summed E-state index contributed by atoms with van der Waals surface area (Å²) in [5.74, 6) is 0.605. The lowest BCUT2D eigenvalue weighted by Gasteiger charge is -2.32. The lowest BCUT2D eigenvalue weighted by molar-refractivity contribution is -0.136. The largest absolute Gasteiger partial charge is 0.494 e. The second-order valence-electron chi connectivity index (χ2n) is 5.41. The standard InChI is InChI=1S/C15H21F3N2O/c16-15(17,18)7-3-9-21-14-6-1-5-13(10-14)20-8-2-4-12(19)11-20/h1,5-6,10,12H,2-4,7-9,11,19H2. The third kappa shape index (κ3) is 5.46. The predicted octanol–water partition coefficient (Wildman–Crippen LogP) is 3.34. The van der Waals surface area contributed by atoms with Crippen LogP contribution < -0.4 is 15.4 Å². The summed E-state index contributed by atoms with van der Waals surface area (Å²) in [6, 6.07) is 7.64. The van der Waals surface area contributed by atoms with E-state index in [0.29, 0.717) is 5.75 Å². The summed E-state index contributed by atoms with van der Waals surface area (Å²) in [5, 5.41) is 0. The molecule has 21 heavy (non-hydrogen) atoms. The predicted molar refractivity (Wildman–Crippen MR) is 76.6 cm³/mol. The minimum Gasteiger partial charge on any atom is -0.494 e. The Bertz CT molecular complexity index is 451. The summed E-state index contributed by atoms with van der Waals surface area (Å²) < 4.78 is 41.6. The van der Waals surface area contributed by atoms with Gasteiger partial charge in [-0.05, 0) is 31.4 Å². The molecule has 1 aromatic rings. The zero-order valence-electron chi connectivity index (χ0n) is 11.9. The minimum atomic E-state index is -4.12. The van der Waals surface area contributed by atoms with Crippen LogP contribution in [0.1, 0.15) is 25.7 Å². The second kappa shape index (κ2) is 7.02. The Morgan fingerprint density at radius 3 is 2.86 bits per heavy atom. The molecule has 1 aromatic carbocycles. The summed E-state index contributed by atoms with van der Waals surface area (Å²) in [7, 11) is 0. The Morgan fingerprint density at radius 2 is 2.14 bits per heavy atom. The molecule has 1 heterocycles. The van der Waals surface area contributed by atoms with E-state index < -0.39 is 12.6 Å². The molecule has 2 N–H and O–H groups in total. The first-order valence-electron chi connectivity index (χ1n) is 7.24. The van der Waals surface area contributed by atoms with E-state index in [2.05, 4.69) is 4.90 Å². The lowest BCUT2D eigenvalue weighted by atomic mass is 10.1. The fourth-order valence-corrected chi connectivity index (χ4v) is 2.48. The summed E-state index contributed by atoms with van der Waals surface area (Å²) in [5.41, 5.74) is 6.97. The van der Waals surface area contributed by atoms with Crippen molar-refractivity contribution in [3.63, 3.8) is 0 Å². The number of benzene rings is 1. The molecule has 1 aliphatic heterocycles. The van der Waals surface area contributed by atoms with Crippen molar-refractivity contribution >= 4 is 5.69 Å². The van der Waals surface area contributed by atoms with Crippen LogP contribution in [0.3, 0.4) is 0 Å². The topological polar surface area (TPSA) is 38.5 Å². The van der Waals surface area contributed by atoms with E-state index in [1.54, 1.807) is 6.07 Å². The Balaban J connectivity index is 1.86. The number of hydrogen-bond donors (Lipinski definition) is 1. The molecule has 1 fully saturated rings. The Labute approximate surface area is 122 Å². The number of anilines is 1. The summed E-state index contributed by atoms with van der Waals surface area (Å²) in [6.45, 7) is 1.82. The van der Waals surface area contributed by atoms with E-state index in [1.807, 2.05) is 18.2 Å². The second-order valence-corrected chi connectivity index (χ2v) is 5.41. The van der Waals surface area contributed by atoms with Crippen LogP contribution in [0, 0.1) is 0 Å². The molecule has 1 unspecified atom stereocenters. The number of hydrogen-bond acceptors (Lipinski definition) is 3. The molecule has 1 atom stereocenters. The molecule has 0 aromatic heterocycles. The van der Waals surface area contributed by atoms with Crippen LogP contribution in [0.25, 0.3) is 0 Å². The first-order chi connectivity index (χ1) is 9.94. The molecule has 118 valence electrons. The van der Waals surface area contributed by atoms with Crippen molar-refractivity contribution < 1.29 is 17.9 Å². The van der Waals surface area contributed by atoms with E-state index >= 15 is 0 Å². The van der Waals surface area contributed by atoms with Crippen molar-refractivity contribution in [3.8, 4) is 5.75 Å². The molecule has 0 amide bonds. The van der Waals surface area contributed by atoms with Crippen LogP contribution >= 0.6 is 0 Å². The Hall–Kier alpha value is -1.43. The third-order valence-electron chi connectivity index (χ3n) is 3.51. The molecule has 3 nitrogen and oxygen atoms in total. The van der Waals surface area contributed by atoms with E-state index in [4.69, 9.17) is 10.5 Å². The fourth-order valence-electron chi connectivity index (χ4n) is 2.48. The van der Waals surface area contributed by atoms with Gasteiger partial charge in [-0.15, -0.1) is 0 Å². The van der Waals surface area contributed by atoms with Crippen LogP contribution in [0.5, 0.6) is 5.75 Å². The molecule has 1 saturated heterocycles. The van der Waals surface area contributed by atoms with Crippen molar-refractivity contribution in [1.29, 1.82) is 0 Å². The van der Waals surface area contributed by atoms with Gasteiger partial charge in [-0.3, -0.25) is 0 Å². The molecular weight excluding hydrogens is 281 g/mol. The zero-order chi connectivity index (χ0) is 15.3. The summed E-state index contributed by atoms with van der Waals surface area (Å²) in [6.07, 6.45) is -2.87. The van der Waals surface area contributed by atoms with Gasteiger partial charge >= 0.3 is 6.18 Å². The lowest BCUT2D eigenvalue weighted by Crippen LogP contribution is -2.42. The summed E-state index contributed by atoms with van der Waals surface area (Å²) >= 11 is 0. The smallest absolute Gasteiger partial charge is 0.389 e. The molecule has 2 rings (SSSR count). The Kier molecular flexibility index (Phi) is 5.33. The highest BCUT2D eigenvalue weighted by Gasteiger charge is 2.26. The maximum atomic E-state index is 12.1. The van der Waals surface area contributed by atoms with Crippen LogP contribution in [0.15, 0.2) is 24.3 Å². The first kappa shape index (κ1) is 15.9. The van der Waals surface area contributed by atoms with Gasteiger partial charge < -0.3 is 15.4 Å². The average molecular weight is 302 g/mol. The van der Waals surface area contributed by atoms with Crippen molar-refractivity contribution in [3.05, 3.63) is 24.3 Å². The number of piperidine rings is 1. The molecule has 0 aliphatic carbocycles. The van der Waals surface area contributed by atoms with Gasteiger partial charge in [-0.2, -0.15) is 13.2 Å².